The average Bonchev–Trinajstić information content (AvgIpc) is 3.13. The molecule has 1 aliphatic heterocycles. The van der Waals surface area contributed by atoms with Crippen LogP contribution in [0.1, 0.15) is 32.9 Å². The van der Waals surface area contributed by atoms with Gasteiger partial charge >= 0.3 is 0 Å². The Morgan fingerprint density at radius 1 is 1.15 bits per heavy atom. The summed E-state index contributed by atoms with van der Waals surface area (Å²) in [6.45, 7) is 2.53. The number of aromatic nitrogens is 3. The van der Waals surface area contributed by atoms with Gasteiger partial charge in [-0.15, -0.1) is 0 Å². The van der Waals surface area contributed by atoms with Crippen LogP contribution in [0.25, 0.3) is 0 Å². The Balaban J connectivity index is 1.37. The highest BCUT2D eigenvalue weighted by Gasteiger charge is 2.21. The van der Waals surface area contributed by atoms with Crippen molar-refractivity contribution in [1.82, 2.24) is 25.4 Å². The average molecular weight is 363 g/mol. The first-order valence-corrected chi connectivity index (χ1v) is 8.99. The van der Waals surface area contributed by atoms with Gasteiger partial charge in [-0.05, 0) is 17.2 Å². The van der Waals surface area contributed by atoms with Crippen LogP contribution in [0, 0.1) is 0 Å². The molecule has 0 fully saturated rings. The van der Waals surface area contributed by atoms with E-state index in [1.807, 2.05) is 30.3 Å². The van der Waals surface area contributed by atoms with Crippen molar-refractivity contribution in [1.29, 1.82) is 0 Å². The van der Waals surface area contributed by atoms with Crippen molar-refractivity contribution in [3.8, 4) is 0 Å². The molecule has 3 heterocycles. The van der Waals surface area contributed by atoms with E-state index in [4.69, 9.17) is 0 Å². The highest BCUT2D eigenvalue weighted by molar-refractivity contribution is 5.94. The van der Waals surface area contributed by atoms with Gasteiger partial charge in [-0.25, -0.2) is 0 Å². The number of H-pyrrole nitrogens is 1. The number of carbonyl (C=O) groups is 1. The highest BCUT2D eigenvalue weighted by atomic mass is 16.2. The molecule has 4 rings (SSSR count). The lowest BCUT2D eigenvalue weighted by molar-refractivity contribution is 0.0944. The zero-order valence-corrected chi connectivity index (χ0v) is 14.9. The van der Waals surface area contributed by atoms with Gasteiger partial charge in [-0.3, -0.25) is 14.7 Å². The summed E-state index contributed by atoms with van der Waals surface area (Å²) >= 11 is 0. The van der Waals surface area contributed by atoms with E-state index in [2.05, 4.69) is 20.8 Å². The monoisotopic (exact) mass is 363 g/mol. The summed E-state index contributed by atoms with van der Waals surface area (Å²) in [6.07, 6.45) is 2.64. The molecular weight excluding hydrogens is 342 g/mol. The maximum Gasteiger partial charge on any atom is 0.272 e. The summed E-state index contributed by atoms with van der Waals surface area (Å²) in [6, 6.07) is 13.0. The number of amides is 1. The van der Waals surface area contributed by atoms with Crippen LogP contribution in [-0.2, 0) is 26.1 Å². The summed E-state index contributed by atoms with van der Waals surface area (Å²) in [5.41, 5.74) is 4.48. The quantitative estimate of drug-likeness (QED) is 0.635. The van der Waals surface area contributed by atoms with Crippen molar-refractivity contribution in [3.63, 3.8) is 0 Å². The zero-order valence-electron chi connectivity index (χ0n) is 14.9. The van der Waals surface area contributed by atoms with Crippen LogP contribution in [0.5, 0.6) is 0 Å². The Morgan fingerprint density at radius 3 is 2.78 bits per heavy atom. The number of fused-ring (bicyclic) bond motifs is 1. The molecule has 1 amide bonds. The van der Waals surface area contributed by atoms with Gasteiger partial charge in [-0.1, -0.05) is 30.3 Å². The molecule has 7 nitrogen and oxygen atoms in total. The molecule has 0 radical (unpaired) electrons. The van der Waals surface area contributed by atoms with Gasteiger partial charge in [0.15, 0.2) is 5.69 Å². The largest absolute Gasteiger partial charge is 0.347 e. The van der Waals surface area contributed by atoms with E-state index in [-0.39, 0.29) is 11.5 Å². The number of benzene rings is 1. The number of nitrogens with one attached hydrogen (secondary N) is 3. The van der Waals surface area contributed by atoms with Crippen molar-refractivity contribution in [2.75, 3.05) is 6.54 Å². The summed E-state index contributed by atoms with van der Waals surface area (Å²) in [4.78, 5) is 24.2. The van der Waals surface area contributed by atoms with Crippen molar-refractivity contribution in [3.05, 3.63) is 87.1 Å². The third-order valence-electron chi connectivity index (χ3n) is 4.75. The van der Waals surface area contributed by atoms with E-state index < -0.39 is 0 Å². The molecule has 1 aliphatic rings. The summed E-state index contributed by atoms with van der Waals surface area (Å²) in [5, 5.41) is 13.3. The molecule has 0 bridgehead atoms. The third-order valence-corrected chi connectivity index (χ3v) is 4.75. The Labute approximate surface area is 156 Å². The first-order valence-electron chi connectivity index (χ1n) is 8.99. The topological polar surface area (TPSA) is 91.8 Å². The fraction of sp³-hybridized carbons (Fsp3) is 0.250. The lowest BCUT2D eigenvalue weighted by atomic mass is 10.1. The Morgan fingerprint density at radius 2 is 1.96 bits per heavy atom. The summed E-state index contributed by atoms with van der Waals surface area (Å²) in [5.74, 6) is -0.170. The first kappa shape index (κ1) is 17.2. The van der Waals surface area contributed by atoms with E-state index in [9.17, 15) is 9.59 Å². The van der Waals surface area contributed by atoms with Gasteiger partial charge in [0.05, 0.1) is 6.54 Å². The lowest BCUT2D eigenvalue weighted by Gasteiger charge is -2.13. The maximum absolute atomic E-state index is 12.4. The fourth-order valence-electron chi connectivity index (χ4n) is 3.23. The minimum Gasteiger partial charge on any atom is -0.347 e. The van der Waals surface area contributed by atoms with Crippen LogP contribution < -0.4 is 16.2 Å². The zero-order chi connectivity index (χ0) is 18.6. The number of rotatable bonds is 5. The molecule has 0 unspecified atom stereocenters. The van der Waals surface area contributed by atoms with Crippen molar-refractivity contribution in [2.24, 2.45) is 0 Å². The number of aromatic amines is 1. The molecule has 2 aromatic heterocycles. The fourth-order valence-corrected chi connectivity index (χ4v) is 3.23. The minimum atomic E-state index is -0.170. The molecule has 0 atom stereocenters. The Bertz CT molecular complexity index is 1000. The number of hydrogen-bond acceptors (Lipinski definition) is 4. The predicted molar refractivity (Wildman–Crippen MR) is 101 cm³/mol. The van der Waals surface area contributed by atoms with Gasteiger partial charge in [0.1, 0.15) is 0 Å². The molecule has 138 valence electrons. The highest BCUT2D eigenvalue weighted by Crippen LogP contribution is 2.15. The van der Waals surface area contributed by atoms with Crippen LogP contribution in [0.3, 0.4) is 0 Å². The first-order chi connectivity index (χ1) is 13.2. The molecule has 3 N–H and O–H groups in total. The van der Waals surface area contributed by atoms with Gasteiger partial charge in [0, 0.05) is 49.6 Å². The number of hydrogen-bond donors (Lipinski definition) is 3. The molecule has 3 aromatic rings. The van der Waals surface area contributed by atoms with Crippen LogP contribution in [0.15, 0.2) is 53.5 Å². The molecular formula is C20H21N5O2. The number of nitrogens with zero attached hydrogens (tertiary/aromatic N) is 2. The second-order valence-corrected chi connectivity index (χ2v) is 6.62. The molecule has 0 saturated carbocycles. The van der Waals surface area contributed by atoms with E-state index in [1.54, 1.807) is 22.9 Å². The Kier molecular flexibility index (Phi) is 4.84. The smallest absolute Gasteiger partial charge is 0.272 e. The lowest BCUT2D eigenvalue weighted by Crippen LogP contribution is -2.28. The standard InChI is InChI=1S/C20H21N5O2/c26-18-3-1-2-10-25(18)13-15-6-4-14(5-7-15)11-22-20(27)19-16-12-21-9-8-17(16)23-24-19/h1-7,10,21H,8-9,11-13H2,(H,22,27)(H,23,24). The van der Waals surface area contributed by atoms with Crippen LogP contribution in [0.4, 0.5) is 0 Å². The third kappa shape index (κ3) is 3.83. The van der Waals surface area contributed by atoms with Crippen LogP contribution in [-0.4, -0.2) is 27.2 Å². The summed E-state index contributed by atoms with van der Waals surface area (Å²) < 4.78 is 1.66. The van der Waals surface area contributed by atoms with Gasteiger partial charge in [0.2, 0.25) is 0 Å². The van der Waals surface area contributed by atoms with Crippen LogP contribution >= 0.6 is 0 Å². The molecule has 1 aromatic carbocycles. The molecule has 0 saturated heterocycles. The molecule has 0 aliphatic carbocycles. The molecule has 0 spiro atoms. The minimum absolute atomic E-state index is 0.0225. The number of pyridine rings is 1. The van der Waals surface area contributed by atoms with E-state index in [0.29, 0.717) is 25.3 Å². The van der Waals surface area contributed by atoms with E-state index in [1.165, 1.54) is 0 Å². The van der Waals surface area contributed by atoms with Crippen LogP contribution in [0.2, 0.25) is 0 Å². The second-order valence-electron chi connectivity index (χ2n) is 6.62. The number of carbonyl (C=O) groups excluding carboxylic acids is 1. The second kappa shape index (κ2) is 7.59. The Hall–Kier alpha value is -3.19. The normalized spacial score (nSPS) is 13.2. The summed E-state index contributed by atoms with van der Waals surface area (Å²) in [7, 11) is 0. The van der Waals surface area contributed by atoms with E-state index in [0.717, 1.165) is 35.3 Å². The van der Waals surface area contributed by atoms with Gasteiger partial charge in [0.25, 0.3) is 11.5 Å². The molecule has 27 heavy (non-hydrogen) atoms. The van der Waals surface area contributed by atoms with Crippen molar-refractivity contribution in [2.45, 2.75) is 26.1 Å². The predicted octanol–water partition coefficient (Wildman–Crippen LogP) is 1.20. The van der Waals surface area contributed by atoms with Gasteiger partial charge < -0.3 is 15.2 Å². The van der Waals surface area contributed by atoms with Gasteiger partial charge in [-0.2, -0.15) is 5.10 Å². The van der Waals surface area contributed by atoms with E-state index >= 15 is 0 Å². The van der Waals surface area contributed by atoms with Crippen molar-refractivity contribution < 1.29 is 4.79 Å². The maximum atomic E-state index is 12.4. The molecule has 7 heteroatoms. The SMILES string of the molecule is O=C(NCc1ccc(Cn2ccccc2=O)cc1)c1n[nH]c2c1CNCC2. The van der Waals surface area contributed by atoms with Crippen molar-refractivity contribution >= 4 is 5.91 Å².